The molecule has 0 radical (unpaired) electrons. The first-order chi connectivity index (χ1) is 9.20. The van der Waals surface area contributed by atoms with Crippen molar-refractivity contribution < 1.29 is 13.7 Å². The van der Waals surface area contributed by atoms with Crippen molar-refractivity contribution in [1.29, 1.82) is 0 Å². The van der Waals surface area contributed by atoms with E-state index in [0.29, 0.717) is 33.0 Å². The summed E-state index contributed by atoms with van der Waals surface area (Å²) >= 11 is 6.07. The molecule has 0 saturated heterocycles. The van der Waals surface area contributed by atoms with Crippen LogP contribution >= 0.6 is 11.6 Å². The molecule has 19 heavy (non-hydrogen) atoms. The highest BCUT2D eigenvalue weighted by Crippen LogP contribution is 2.35. The molecular formula is C14H9ClFNO2. The number of ether oxygens (including phenoxy) is 1. The fourth-order valence-corrected chi connectivity index (χ4v) is 2.18. The van der Waals surface area contributed by atoms with Gasteiger partial charge in [-0.15, -0.1) is 0 Å². The van der Waals surface area contributed by atoms with Crippen LogP contribution in [0.1, 0.15) is 0 Å². The van der Waals surface area contributed by atoms with E-state index in [-0.39, 0.29) is 5.82 Å². The maximum atomic E-state index is 13.8. The van der Waals surface area contributed by atoms with Gasteiger partial charge in [0.25, 0.3) is 0 Å². The van der Waals surface area contributed by atoms with E-state index in [1.54, 1.807) is 30.3 Å². The van der Waals surface area contributed by atoms with Gasteiger partial charge in [0.1, 0.15) is 17.3 Å². The lowest BCUT2D eigenvalue weighted by atomic mass is 10.1. The van der Waals surface area contributed by atoms with Crippen LogP contribution in [0.3, 0.4) is 0 Å². The summed E-state index contributed by atoms with van der Waals surface area (Å²) in [7, 11) is 1.52. The zero-order valence-electron chi connectivity index (χ0n) is 9.98. The molecule has 1 heterocycles. The number of methoxy groups -OCH3 is 1. The van der Waals surface area contributed by atoms with Crippen LogP contribution in [-0.4, -0.2) is 12.3 Å². The molecule has 3 aromatic rings. The predicted molar refractivity (Wildman–Crippen MR) is 71.0 cm³/mol. The molecule has 0 saturated carbocycles. The van der Waals surface area contributed by atoms with Gasteiger partial charge < -0.3 is 9.26 Å². The molecule has 3 rings (SSSR count). The van der Waals surface area contributed by atoms with Crippen LogP contribution in [0.25, 0.3) is 22.2 Å². The van der Waals surface area contributed by atoms with Gasteiger partial charge in [0, 0.05) is 11.6 Å². The van der Waals surface area contributed by atoms with Crippen LogP contribution < -0.4 is 4.74 Å². The first-order valence-corrected chi connectivity index (χ1v) is 5.96. The van der Waals surface area contributed by atoms with E-state index < -0.39 is 0 Å². The Hall–Kier alpha value is -2.07. The fraction of sp³-hybridized carbons (Fsp3) is 0.0714. The van der Waals surface area contributed by atoms with E-state index in [4.69, 9.17) is 20.9 Å². The normalized spacial score (nSPS) is 10.9. The lowest BCUT2D eigenvalue weighted by Gasteiger charge is -2.02. The minimum atomic E-state index is -0.357. The van der Waals surface area contributed by atoms with Crippen molar-refractivity contribution in [3.63, 3.8) is 0 Å². The maximum absolute atomic E-state index is 13.8. The Bertz CT molecular complexity index is 754. The highest BCUT2D eigenvalue weighted by molar-refractivity contribution is 6.33. The Morgan fingerprint density at radius 1 is 1.26 bits per heavy atom. The zero-order valence-corrected chi connectivity index (χ0v) is 10.7. The van der Waals surface area contributed by atoms with Gasteiger partial charge in [0.05, 0.1) is 17.5 Å². The molecule has 3 nitrogen and oxygen atoms in total. The minimum absolute atomic E-state index is 0.357. The van der Waals surface area contributed by atoms with Gasteiger partial charge in [-0.25, -0.2) is 4.39 Å². The standard InChI is InChI=1S/C14H9ClFNO2/c1-18-13-7-12-9(6-10(13)15)14(17-19-12)8-4-2-3-5-11(8)16/h2-7H,1H3. The third-order valence-electron chi connectivity index (χ3n) is 2.87. The number of hydrogen-bond acceptors (Lipinski definition) is 3. The van der Waals surface area contributed by atoms with Crippen LogP contribution in [0.5, 0.6) is 5.75 Å². The summed E-state index contributed by atoms with van der Waals surface area (Å²) < 4.78 is 24.1. The van der Waals surface area contributed by atoms with Crippen molar-refractivity contribution in [3.8, 4) is 17.0 Å². The van der Waals surface area contributed by atoms with Gasteiger partial charge >= 0.3 is 0 Å². The molecular weight excluding hydrogens is 269 g/mol. The predicted octanol–water partition coefficient (Wildman–Crippen LogP) is 4.30. The van der Waals surface area contributed by atoms with Crippen molar-refractivity contribution in [2.45, 2.75) is 0 Å². The van der Waals surface area contributed by atoms with Gasteiger partial charge in [-0.05, 0) is 18.2 Å². The number of rotatable bonds is 2. The van der Waals surface area contributed by atoms with Gasteiger partial charge in [0.2, 0.25) is 0 Å². The molecule has 0 aliphatic carbocycles. The smallest absolute Gasteiger partial charge is 0.171 e. The molecule has 5 heteroatoms. The first-order valence-electron chi connectivity index (χ1n) is 5.58. The first kappa shape index (κ1) is 12.0. The summed E-state index contributed by atoms with van der Waals surface area (Å²) in [5.74, 6) is 0.134. The summed E-state index contributed by atoms with van der Waals surface area (Å²) in [5.41, 5.74) is 1.31. The van der Waals surface area contributed by atoms with Crippen molar-refractivity contribution in [1.82, 2.24) is 5.16 Å². The Morgan fingerprint density at radius 2 is 2.05 bits per heavy atom. The van der Waals surface area contributed by atoms with Crippen LogP contribution in [-0.2, 0) is 0 Å². The molecule has 0 bridgehead atoms. The number of hydrogen-bond donors (Lipinski definition) is 0. The second kappa shape index (κ2) is 4.55. The lowest BCUT2D eigenvalue weighted by Crippen LogP contribution is -1.85. The van der Waals surface area contributed by atoms with E-state index in [2.05, 4.69) is 5.16 Å². The third kappa shape index (κ3) is 1.94. The van der Waals surface area contributed by atoms with Crippen molar-refractivity contribution in [3.05, 3.63) is 47.2 Å². The van der Waals surface area contributed by atoms with Crippen LogP contribution in [0.15, 0.2) is 40.9 Å². The lowest BCUT2D eigenvalue weighted by molar-refractivity contribution is 0.412. The molecule has 0 atom stereocenters. The quantitative estimate of drug-likeness (QED) is 0.701. The van der Waals surface area contributed by atoms with Crippen LogP contribution in [0, 0.1) is 5.82 Å². The van der Waals surface area contributed by atoms with Crippen LogP contribution in [0.4, 0.5) is 4.39 Å². The average Bonchev–Trinajstić information content (AvgIpc) is 2.81. The van der Waals surface area contributed by atoms with E-state index in [1.807, 2.05) is 0 Å². The topological polar surface area (TPSA) is 35.3 Å². The zero-order chi connectivity index (χ0) is 13.4. The van der Waals surface area contributed by atoms with E-state index in [0.717, 1.165) is 0 Å². The second-order valence-corrected chi connectivity index (χ2v) is 4.40. The summed E-state index contributed by atoms with van der Waals surface area (Å²) in [6, 6.07) is 9.68. The van der Waals surface area contributed by atoms with Crippen molar-refractivity contribution in [2.75, 3.05) is 7.11 Å². The Labute approximate surface area is 113 Å². The average molecular weight is 278 g/mol. The van der Waals surface area contributed by atoms with Gasteiger partial charge in [-0.2, -0.15) is 0 Å². The minimum Gasteiger partial charge on any atom is -0.495 e. The van der Waals surface area contributed by atoms with E-state index >= 15 is 0 Å². The summed E-state index contributed by atoms with van der Waals surface area (Å²) in [4.78, 5) is 0. The molecule has 0 unspecified atom stereocenters. The number of nitrogens with zero attached hydrogens (tertiary/aromatic N) is 1. The van der Waals surface area contributed by atoms with Crippen molar-refractivity contribution >= 4 is 22.6 Å². The van der Waals surface area contributed by atoms with E-state index in [1.165, 1.54) is 13.2 Å². The largest absolute Gasteiger partial charge is 0.495 e. The third-order valence-corrected chi connectivity index (χ3v) is 3.17. The van der Waals surface area contributed by atoms with E-state index in [9.17, 15) is 4.39 Å². The summed E-state index contributed by atoms with van der Waals surface area (Å²) in [5, 5.41) is 4.99. The Balaban J connectivity index is 2.27. The monoisotopic (exact) mass is 277 g/mol. The molecule has 0 fully saturated rings. The van der Waals surface area contributed by atoms with Gasteiger partial charge in [0.15, 0.2) is 5.58 Å². The number of halogens is 2. The SMILES string of the molecule is COc1cc2onc(-c3ccccc3F)c2cc1Cl. The number of fused-ring (bicyclic) bond motifs is 1. The molecule has 0 N–H and O–H groups in total. The summed E-state index contributed by atoms with van der Waals surface area (Å²) in [6.45, 7) is 0. The molecule has 2 aromatic carbocycles. The number of benzene rings is 2. The van der Waals surface area contributed by atoms with Crippen molar-refractivity contribution in [2.24, 2.45) is 0 Å². The molecule has 1 aromatic heterocycles. The highest BCUT2D eigenvalue weighted by Gasteiger charge is 2.16. The molecule has 0 spiro atoms. The Morgan fingerprint density at radius 3 is 2.79 bits per heavy atom. The second-order valence-electron chi connectivity index (χ2n) is 3.99. The summed E-state index contributed by atoms with van der Waals surface area (Å²) in [6.07, 6.45) is 0. The maximum Gasteiger partial charge on any atom is 0.171 e. The number of aromatic nitrogens is 1. The molecule has 0 aliphatic heterocycles. The van der Waals surface area contributed by atoms with Gasteiger partial charge in [-0.1, -0.05) is 28.9 Å². The molecule has 96 valence electrons. The molecule has 0 aliphatic rings. The molecule has 0 amide bonds. The van der Waals surface area contributed by atoms with Crippen LogP contribution in [0.2, 0.25) is 5.02 Å². The highest BCUT2D eigenvalue weighted by atomic mass is 35.5. The van der Waals surface area contributed by atoms with Gasteiger partial charge in [-0.3, -0.25) is 0 Å². The fourth-order valence-electron chi connectivity index (χ4n) is 1.94. The Kier molecular flexibility index (Phi) is 2.87.